The van der Waals surface area contributed by atoms with Crippen molar-refractivity contribution in [1.82, 2.24) is 0 Å². The van der Waals surface area contributed by atoms with E-state index in [2.05, 4.69) is 19.9 Å². The van der Waals surface area contributed by atoms with E-state index in [4.69, 9.17) is 10.5 Å². The Morgan fingerprint density at radius 1 is 1.50 bits per heavy atom. The molecule has 0 radical (unpaired) electrons. The Labute approximate surface area is 89.8 Å². The Bertz CT molecular complexity index is 301. The standard InChI is InChI=1S/C11H17NOS/c1-8-6-10(13-3)4-5-11(8)14-9(2)7-12/h4-6,9H,7,12H2,1-3H3. The van der Waals surface area contributed by atoms with Crippen molar-refractivity contribution >= 4 is 11.8 Å². The monoisotopic (exact) mass is 211 g/mol. The minimum Gasteiger partial charge on any atom is -0.497 e. The topological polar surface area (TPSA) is 35.2 Å². The number of hydrogen-bond donors (Lipinski definition) is 1. The van der Waals surface area contributed by atoms with Crippen molar-refractivity contribution < 1.29 is 4.74 Å². The molecule has 0 fully saturated rings. The maximum atomic E-state index is 5.58. The Morgan fingerprint density at radius 2 is 2.21 bits per heavy atom. The van der Waals surface area contributed by atoms with Crippen LogP contribution in [0.25, 0.3) is 0 Å². The summed E-state index contributed by atoms with van der Waals surface area (Å²) in [6.45, 7) is 4.93. The van der Waals surface area contributed by atoms with Crippen molar-refractivity contribution in [3.05, 3.63) is 23.8 Å². The van der Waals surface area contributed by atoms with Gasteiger partial charge in [-0.15, -0.1) is 11.8 Å². The molecule has 1 atom stereocenters. The number of aryl methyl sites for hydroxylation is 1. The van der Waals surface area contributed by atoms with Crippen LogP contribution in [0.2, 0.25) is 0 Å². The summed E-state index contributed by atoms with van der Waals surface area (Å²) >= 11 is 1.81. The molecular formula is C11H17NOS. The zero-order chi connectivity index (χ0) is 10.6. The highest BCUT2D eigenvalue weighted by molar-refractivity contribution is 8.00. The largest absolute Gasteiger partial charge is 0.497 e. The minimum absolute atomic E-state index is 0.460. The maximum Gasteiger partial charge on any atom is 0.119 e. The van der Waals surface area contributed by atoms with Crippen LogP contribution in [0.1, 0.15) is 12.5 Å². The summed E-state index contributed by atoms with van der Waals surface area (Å²) in [5.74, 6) is 0.909. The lowest BCUT2D eigenvalue weighted by Crippen LogP contribution is -2.12. The van der Waals surface area contributed by atoms with Crippen LogP contribution >= 0.6 is 11.8 Å². The molecule has 0 amide bonds. The molecule has 2 N–H and O–H groups in total. The highest BCUT2D eigenvalue weighted by atomic mass is 32.2. The van der Waals surface area contributed by atoms with Gasteiger partial charge in [0.2, 0.25) is 0 Å². The second-order valence-electron chi connectivity index (χ2n) is 3.30. The number of benzene rings is 1. The lowest BCUT2D eigenvalue weighted by Gasteiger charge is -2.11. The first-order valence-electron chi connectivity index (χ1n) is 4.68. The zero-order valence-corrected chi connectivity index (χ0v) is 9.73. The van der Waals surface area contributed by atoms with Crippen molar-refractivity contribution in [2.75, 3.05) is 13.7 Å². The van der Waals surface area contributed by atoms with Crippen LogP contribution in [0.5, 0.6) is 5.75 Å². The summed E-state index contributed by atoms with van der Waals surface area (Å²) in [4.78, 5) is 1.28. The number of methoxy groups -OCH3 is 1. The third-order valence-corrected chi connectivity index (χ3v) is 3.35. The van der Waals surface area contributed by atoms with E-state index in [1.165, 1.54) is 10.5 Å². The molecule has 0 aliphatic carbocycles. The lowest BCUT2D eigenvalue weighted by atomic mass is 10.2. The molecule has 0 aromatic heterocycles. The molecule has 0 heterocycles. The first kappa shape index (κ1) is 11.4. The highest BCUT2D eigenvalue weighted by Gasteiger charge is 2.05. The number of rotatable bonds is 4. The van der Waals surface area contributed by atoms with Gasteiger partial charge in [-0.25, -0.2) is 0 Å². The fourth-order valence-corrected chi connectivity index (χ4v) is 2.07. The van der Waals surface area contributed by atoms with Gasteiger partial charge >= 0.3 is 0 Å². The van der Waals surface area contributed by atoms with Gasteiger partial charge in [-0.05, 0) is 30.7 Å². The van der Waals surface area contributed by atoms with Crippen molar-refractivity contribution in [3.63, 3.8) is 0 Å². The SMILES string of the molecule is COc1ccc(SC(C)CN)c(C)c1. The molecule has 0 bridgehead atoms. The van der Waals surface area contributed by atoms with Crippen LogP contribution in [-0.4, -0.2) is 18.9 Å². The Morgan fingerprint density at radius 3 is 2.71 bits per heavy atom. The molecular weight excluding hydrogens is 194 g/mol. The normalized spacial score (nSPS) is 12.6. The molecule has 14 heavy (non-hydrogen) atoms. The number of ether oxygens (including phenoxy) is 1. The van der Waals surface area contributed by atoms with Crippen LogP contribution in [-0.2, 0) is 0 Å². The first-order valence-corrected chi connectivity index (χ1v) is 5.56. The third-order valence-electron chi connectivity index (χ3n) is 2.04. The van der Waals surface area contributed by atoms with Gasteiger partial charge in [-0.3, -0.25) is 0 Å². The van der Waals surface area contributed by atoms with Gasteiger partial charge in [0.1, 0.15) is 5.75 Å². The van der Waals surface area contributed by atoms with Crippen molar-refractivity contribution in [2.45, 2.75) is 24.0 Å². The van der Waals surface area contributed by atoms with E-state index in [1.54, 1.807) is 7.11 Å². The Balaban J connectivity index is 2.78. The molecule has 0 aliphatic rings. The number of thioether (sulfide) groups is 1. The summed E-state index contributed by atoms with van der Waals surface area (Å²) in [5.41, 5.74) is 6.83. The van der Waals surface area contributed by atoms with Gasteiger partial charge in [0, 0.05) is 16.7 Å². The van der Waals surface area contributed by atoms with Crippen LogP contribution in [0.15, 0.2) is 23.1 Å². The minimum atomic E-state index is 0.460. The number of hydrogen-bond acceptors (Lipinski definition) is 3. The van der Waals surface area contributed by atoms with Crippen LogP contribution < -0.4 is 10.5 Å². The fourth-order valence-electron chi connectivity index (χ4n) is 1.15. The lowest BCUT2D eigenvalue weighted by molar-refractivity contribution is 0.414. The predicted octanol–water partition coefficient (Wildman–Crippen LogP) is 2.44. The first-order chi connectivity index (χ1) is 6.67. The number of nitrogens with two attached hydrogens (primary N) is 1. The molecule has 0 saturated heterocycles. The molecule has 0 aliphatic heterocycles. The molecule has 2 nitrogen and oxygen atoms in total. The van der Waals surface area contributed by atoms with Gasteiger partial charge < -0.3 is 10.5 Å². The van der Waals surface area contributed by atoms with Crippen LogP contribution in [0.3, 0.4) is 0 Å². The zero-order valence-electron chi connectivity index (χ0n) is 8.91. The van der Waals surface area contributed by atoms with E-state index < -0.39 is 0 Å². The predicted molar refractivity (Wildman–Crippen MR) is 62.1 cm³/mol. The average molecular weight is 211 g/mol. The van der Waals surface area contributed by atoms with E-state index in [0.717, 1.165) is 5.75 Å². The van der Waals surface area contributed by atoms with Crippen LogP contribution in [0.4, 0.5) is 0 Å². The van der Waals surface area contributed by atoms with E-state index >= 15 is 0 Å². The van der Waals surface area contributed by atoms with Gasteiger partial charge in [0.15, 0.2) is 0 Å². The second-order valence-corrected chi connectivity index (χ2v) is 4.78. The fraction of sp³-hybridized carbons (Fsp3) is 0.455. The van der Waals surface area contributed by atoms with Crippen molar-refractivity contribution in [2.24, 2.45) is 5.73 Å². The van der Waals surface area contributed by atoms with E-state index in [9.17, 15) is 0 Å². The second kappa shape index (κ2) is 5.27. The molecule has 1 aromatic carbocycles. The van der Waals surface area contributed by atoms with Crippen molar-refractivity contribution in [3.8, 4) is 5.75 Å². The van der Waals surface area contributed by atoms with Gasteiger partial charge in [0.05, 0.1) is 7.11 Å². The maximum absolute atomic E-state index is 5.58. The molecule has 1 aromatic rings. The van der Waals surface area contributed by atoms with Gasteiger partial charge in [-0.1, -0.05) is 6.92 Å². The van der Waals surface area contributed by atoms with Gasteiger partial charge in [0.25, 0.3) is 0 Å². The summed E-state index contributed by atoms with van der Waals surface area (Å²) in [5, 5.41) is 0.460. The van der Waals surface area contributed by atoms with Crippen LogP contribution in [0, 0.1) is 6.92 Å². The summed E-state index contributed by atoms with van der Waals surface area (Å²) < 4.78 is 5.15. The molecule has 1 rings (SSSR count). The van der Waals surface area contributed by atoms with Gasteiger partial charge in [-0.2, -0.15) is 0 Å². The highest BCUT2D eigenvalue weighted by Crippen LogP contribution is 2.28. The van der Waals surface area contributed by atoms with Crippen molar-refractivity contribution in [1.29, 1.82) is 0 Å². The molecule has 78 valence electrons. The molecule has 3 heteroatoms. The van der Waals surface area contributed by atoms with E-state index in [1.807, 2.05) is 23.9 Å². The summed E-state index contributed by atoms with van der Waals surface area (Å²) in [7, 11) is 1.68. The quantitative estimate of drug-likeness (QED) is 0.777. The molecule has 0 saturated carbocycles. The van der Waals surface area contributed by atoms with E-state index in [-0.39, 0.29) is 0 Å². The Hall–Kier alpha value is -0.670. The third kappa shape index (κ3) is 2.93. The average Bonchev–Trinajstić information content (AvgIpc) is 2.20. The smallest absolute Gasteiger partial charge is 0.119 e. The summed E-state index contributed by atoms with van der Waals surface area (Å²) in [6.07, 6.45) is 0. The van der Waals surface area contributed by atoms with E-state index in [0.29, 0.717) is 11.8 Å². The summed E-state index contributed by atoms with van der Waals surface area (Å²) in [6, 6.07) is 6.12. The molecule has 1 unspecified atom stereocenters. The Kier molecular flexibility index (Phi) is 4.29. The molecule has 0 spiro atoms.